The molecular formula is C18H16F5NO. The summed E-state index contributed by atoms with van der Waals surface area (Å²) < 4.78 is 67.2. The molecule has 0 aliphatic heterocycles. The number of benzene rings is 2. The second-order valence-electron chi connectivity index (χ2n) is 5.52. The molecule has 0 spiro atoms. The summed E-state index contributed by atoms with van der Waals surface area (Å²) in [6, 6.07) is 8.01. The van der Waals surface area contributed by atoms with Gasteiger partial charge in [0.2, 0.25) is 5.82 Å². The van der Waals surface area contributed by atoms with Gasteiger partial charge in [-0.15, -0.1) is 0 Å². The number of hydrogen-bond donors (Lipinski definition) is 1. The number of carbonyl (C=O) groups is 1. The Balaban J connectivity index is 2.36. The van der Waals surface area contributed by atoms with Gasteiger partial charge < -0.3 is 5.32 Å². The molecule has 2 nitrogen and oxygen atoms in total. The fourth-order valence-corrected chi connectivity index (χ4v) is 2.45. The van der Waals surface area contributed by atoms with Gasteiger partial charge in [-0.1, -0.05) is 50.1 Å². The Morgan fingerprint density at radius 2 is 1.44 bits per heavy atom. The van der Waals surface area contributed by atoms with Gasteiger partial charge in [0, 0.05) is 0 Å². The Morgan fingerprint density at radius 1 is 0.920 bits per heavy atom. The van der Waals surface area contributed by atoms with E-state index in [1.54, 1.807) is 30.3 Å². The molecule has 2 rings (SSSR count). The molecule has 1 N–H and O–H groups in total. The van der Waals surface area contributed by atoms with Crippen LogP contribution in [0.1, 0.15) is 48.1 Å². The van der Waals surface area contributed by atoms with Gasteiger partial charge in [0.15, 0.2) is 23.3 Å². The summed E-state index contributed by atoms with van der Waals surface area (Å²) in [5.41, 5.74) is -0.804. The second-order valence-corrected chi connectivity index (χ2v) is 5.52. The lowest BCUT2D eigenvalue weighted by Crippen LogP contribution is -2.31. The van der Waals surface area contributed by atoms with Crippen molar-refractivity contribution >= 4 is 5.91 Å². The molecule has 25 heavy (non-hydrogen) atoms. The van der Waals surface area contributed by atoms with Crippen LogP contribution >= 0.6 is 0 Å². The number of amides is 1. The number of carbonyl (C=O) groups excluding carboxylic acids is 1. The van der Waals surface area contributed by atoms with E-state index in [-0.39, 0.29) is 0 Å². The molecule has 134 valence electrons. The highest BCUT2D eigenvalue weighted by atomic mass is 19.2. The molecule has 1 unspecified atom stereocenters. The third kappa shape index (κ3) is 3.97. The first-order valence-corrected chi connectivity index (χ1v) is 7.75. The van der Waals surface area contributed by atoms with Crippen LogP contribution in [-0.2, 0) is 0 Å². The molecule has 0 fully saturated rings. The lowest BCUT2D eigenvalue weighted by molar-refractivity contribution is 0.0922. The SMILES string of the molecule is CCCCC(NC(=O)c1c(F)c(F)c(F)c(F)c1F)c1ccccc1. The Hall–Kier alpha value is -2.44. The van der Waals surface area contributed by atoms with E-state index in [1.807, 2.05) is 6.92 Å². The zero-order chi connectivity index (χ0) is 18.6. The zero-order valence-corrected chi connectivity index (χ0v) is 13.4. The highest BCUT2D eigenvalue weighted by Gasteiger charge is 2.30. The van der Waals surface area contributed by atoms with Crippen LogP contribution in [0.4, 0.5) is 22.0 Å². The standard InChI is InChI=1S/C18H16F5NO/c1-2-3-9-11(10-7-5-4-6-8-10)24-18(25)12-13(19)15(21)17(23)16(22)14(12)20/h4-8,11H,2-3,9H2,1H3,(H,24,25). The summed E-state index contributed by atoms with van der Waals surface area (Å²) in [7, 11) is 0. The van der Waals surface area contributed by atoms with Crippen molar-refractivity contribution < 1.29 is 26.7 Å². The van der Waals surface area contributed by atoms with Crippen molar-refractivity contribution in [1.82, 2.24) is 5.32 Å². The van der Waals surface area contributed by atoms with E-state index in [0.29, 0.717) is 18.4 Å². The summed E-state index contributed by atoms with van der Waals surface area (Å²) in [6.07, 6.45) is 1.97. The van der Waals surface area contributed by atoms with Crippen molar-refractivity contribution in [2.75, 3.05) is 0 Å². The van der Waals surface area contributed by atoms with Crippen molar-refractivity contribution in [3.63, 3.8) is 0 Å². The van der Waals surface area contributed by atoms with Gasteiger partial charge in [0.1, 0.15) is 5.56 Å². The molecule has 0 bridgehead atoms. The van der Waals surface area contributed by atoms with Gasteiger partial charge in [-0.2, -0.15) is 0 Å². The van der Waals surface area contributed by atoms with Gasteiger partial charge in [-0.25, -0.2) is 22.0 Å². The van der Waals surface area contributed by atoms with Gasteiger partial charge in [-0.05, 0) is 12.0 Å². The van der Waals surface area contributed by atoms with E-state index in [9.17, 15) is 26.7 Å². The molecule has 0 aliphatic rings. The molecule has 2 aromatic carbocycles. The van der Waals surface area contributed by atoms with Crippen LogP contribution in [0.25, 0.3) is 0 Å². The second kappa shape index (κ2) is 8.09. The molecule has 0 saturated heterocycles. The fraction of sp³-hybridized carbons (Fsp3) is 0.278. The van der Waals surface area contributed by atoms with Crippen molar-refractivity contribution in [1.29, 1.82) is 0 Å². The van der Waals surface area contributed by atoms with Gasteiger partial charge in [0.05, 0.1) is 6.04 Å². The third-order valence-electron chi connectivity index (χ3n) is 3.79. The highest BCUT2D eigenvalue weighted by Crippen LogP contribution is 2.25. The van der Waals surface area contributed by atoms with Crippen molar-refractivity contribution in [3.8, 4) is 0 Å². The van der Waals surface area contributed by atoms with Crippen LogP contribution in [0.5, 0.6) is 0 Å². The summed E-state index contributed by atoms with van der Waals surface area (Å²) in [5.74, 6) is -12.2. The van der Waals surface area contributed by atoms with E-state index in [2.05, 4.69) is 5.32 Å². The summed E-state index contributed by atoms with van der Waals surface area (Å²) in [4.78, 5) is 12.2. The molecular weight excluding hydrogens is 341 g/mol. The van der Waals surface area contributed by atoms with E-state index in [0.717, 1.165) is 6.42 Å². The molecule has 1 atom stereocenters. The molecule has 1 amide bonds. The molecule has 0 heterocycles. The van der Waals surface area contributed by atoms with Crippen LogP contribution < -0.4 is 5.32 Å². The maximum atomic E-state index is 13.8. The van der Waals surface area contributed by atoms with Crippen molar-refractivity contribution in [3.05, 3.63) is 70.5 Å². The minimum atomic E-state index is -2.29. The lowest BCUT2D eigenvalue weighted by atomic mass is 10.0. The van der Waals surface area contributed by atoms with Crippen LogP contribution in [-0.4, -0.2) is 5.91 Å². The van der Waals surface area contributed by atoms with Crippen LogP contribution in [0.15, 0.2) is 30.3 Å². The summed E-state index contributed by atoms with van der Waals surface area (Å²) in [5, 5.41) is 2.37. The van der Waals surface area contributed by atoms with E-state index < -0.39 is 46.6 Å². The summed E-state index contributed by atoms with van der Waals surface area (Å²) >= 11 is 0. The summed E-state index contributed by atoms with van der Waals surface area (Å²) in [6.45, 7) is 1.92. The third-order valence-corrected chi connectivity index (χ3v) is 3.79. The van der Waals surface area contributed by atoms with Crippen molar-refractivity contribution in [2.45, 2.75) is 32.2 Å². The molecule has 0 radical (unpaired) electrons. The minimum absolute atomic E-state index is 0.460. The van der Waals surface area contributed by atoms with Crippen LogP contribution in [0, 0.1) is 29.1 Å². The predicted octanol–water partition coefficient (Wildman–Crippen LogP) is 5.04. The van der Waals surface area contributed by atoms with Gasteiger partial charge >= 0.3 is 0 Å². The Bertz CT molecular complexity index is 735. The normalized spacial score (nSPS) is 12.1. The Kier molecular flexibility index (Phi) is 6.12. The van der Waals surface area contributed by atoms with E-state index >= 15 is 0 Å². The maximum absolute atomic E-state index is 13.8. The lowest BCUT2D eigenvalue weighted by Gasteiger charge is -2.19. The number of nitrogens with one attached hydrogen (secondary N) is 1. The number of hydrogen-bond acceptors (Lipinski definition) is 1. The maximum Gasteiger partial charge on any atom is 0.257 e. The molecule has 0 aliphatic carbocycles. The molecule has 7 heteroatoms. The van der Waals surface area contributed by atoms with E-state index in [4.69, 9.17) is 0 Å². The first kappa shape index (κ1) is 18.9. The van der Waals surface area contributed by atoms with Crippen LogP contribution in [0.2, 0.25) is 0 Å². The largest absolute Gasteiger partial charge is 0.345 e. The number of rotatable bonds is 6. The average Bonchev–Trinajstić information content (AvgIpc) is 2.62. The first-order chi connectivity index (χ1) is 11.9. The molecule has 0 saturated carbocycles. The quantitative estimate of drug-likeness (QED) is 0.438. The zero-order valence-electron chi connectivity index (χ0n) is 13.4. The van der Waals surface area contributed by atoms with Crippen LogP contribution in [0.3, 0.4) is 0 Å². The topological polar surface area (TPSA) is 29.1 Å². The molecule has 2 aromatic rings. The Labute approximate surface area is 141 Å². The fourth-order valence-electron chi connectivity index (χ4n) is 2.45. The average molecular weight is 357 g/mol. The monoisotopic (exact) mass is 357 g/mol. The van der Waals surface area contributed by atoms with Crippen molar-refractivity contribution in [2.24, 2.45) is 0 Å². The Morgan fingerprint density at radius 3 is 1.96 bits per heavy atom. The van der Waals surface area contributed by atoms with E-state index in [1.165, 1.54) is 0 Å². The first-order valence-electron chi connectivity index (χ1n) is 7.75. The molecule has 0 aromatic heterocycles. The number of halogens is 5. The van der Waals surface area contributed by atoms with Gasteiger partial charge in [0.25, 0.3) is 5.91 Å². The highest BCUT2D eigenvalue weighted by molar-refractivity contribution is 5.95. The number of unbranched alkanes of at least 4 members (excludes halogenated alkanes) is 1. The van der Waals surface area contributed by atoms with Gasteiger partial charge in [-0.3, -0.25) is 4.79 Å². The predicted molar refractivity (Wildman–Crippen MR) is 82.4 cm³/mol. The minimum Gasteiger partial charge on any atom is -0.345 e. The smallest absolute Gasteiger partial charge is 0.257 e.